The summed E-state index contributed by atoms with van der Waals surface area (Å²) >= 11 is 1.70. The molecule has 0 unspecified atom stereocenters. The molecule has 0 saturated carbocycles. The fourth-order valence-corrected chi connectivity index (χ4v) is 2.50. The van der Waals surface area contributed by atoms with Gasteiger partial charge in [0.2, 0.25) is 5.88 Å². The van der Waals surface area contributed by atoms with E-state index in [2.05, 4.69) is 55.5 Å². The third kappa shape index (κ3) is 5.48. The van der Waals surface area contributed by atoms with Crippen LogP contribution in [0.25, 0.3) is 0 Å². The predicted molar refractivity (Wildman–Crippen MR) is 88.9 cm³/mol. The molecule has 0 aromatic carbocycles. The molecule has 0 aliphatic heterocycles. The van der Waals surface area contributed by atoms with Crippen molar-refractivity contribution in [1.29, 1.82) is 0 Å². The van der Waals surface area contributed by atoms with Crippen LogP contribution in [-0.4, -0.2) is 10.5 Å². The van der Waals surface area contributed by atoms with Crippen LogP contribution in [-0.2, 0) is 19.6 Å². The summed E-state index contributed by atoms with van der Waals surface area (Å²) in [4.78, 5) is 5.77. The quantitative estimate of drug-likeness (QED) is 0.869. The number of hydrogen-bond acceptors (Lipinski definition) is 4. The summed E-state index contributed by atoms with van der Waals surface area (Å²) in [7, 11) is 0. The lowest BCUT2D eigenvalue weighted by molar-refractivity contribution is 0.295. The maximum atomic E-state index is 5.84. The highest BCUT2D eigenvalue weighted by Gasteiger charge is 2.10. The highest BCUT2D eigenvalue weighted by molar-refractivity contribution is 7.09. The van der Waals surface area contributed by atoms with Gasteiger partial charge in [-0.2, -0.15) is 0 Å². The standard InChI is InChI=1S/C17H24N2OS/c1-5-14-9-13(11-18-17(2,3)4)10-16(19-14)20-12-15-7-6-8-21-15/h6-10,18H,5,11-12H2,1-4H3. The lowest BCUT2D eigenvalue weighted by Crippen LogP contribution is -2.35. The predicted octanol–water partition coefficient (Wildman–Crippen LogP) is 4.17. The molecule has 0 radical (unpaired) electrons. The van der Waals surface area contributed by atoms with Crippen molar-refractivity contribution in [1.82, 2.24) is 10.3 Å². The van der Waals surface area contributed by atoms with Gasteiger partial charge in [-0.15, -0.1) is 11.3 Å². The Morgan fingerprint density at radius 2 is 2.10 bits per heavy atom. The monoisotopic (exact) mass is 304 g/mol. The maximum Gasteiger partial charge on any atom is 0.214 e. The van der Waals surface area contributed by atoms with Gasteiger partial charge in [-0.05, 0) is 50.3 Å². The van der Waals surface area contributed by atoms with Crippen molar-refractivity contribution in [3.05, 3.63) is 45.8 Å². The zero-order valence-electron chi connectivity index (χ0n) is 13.3. The van der Waals surface area contributed by atoms with Crippen LogP contribution < -0.4 is 10.1 Å². The van der Waals surface area contributed by atoms with Crippen molar-refractivity contribution in [3.8, 4) is 5.88 Å². The molecular weight excluding hydrogens is 280 g/mol. The number of pyridine rings is 1. The summed E-state index contributed by atoms with van der Waals surface area (Å²) in [6, 6.07) is 8.30. The van der Waals surface area contributed by atoms with Crippen LogP contribution in [0.1, 0.15) is 43.8 Å². The van der Waals surface area contributed by atoms with E-state index in [1.165, 1.54) is 10.4 Å². The molecule has 4 heteroatoms. The van der Waals surface area contributed by atoms with E-state index >= 15 is 0 Å². The van der Waals surface area contributed by atoms with Gasteiger partial charge in [-0.3, -0.25) is 0 Å². The van der Waals surface area contributed by atoms with E-state index in [1.54, 1.807) is 11.3 Å². The minimum atomic E-state index is 0.105. The summed E-state index contributed by atoms with van der Waals surface area (Å²) in [5.74, 6) is 0.716. The van der Waals surface area contributed by atoms with E-state index in [0.29, 0.717) is 12.5 Å². The third-order valence-electron chi connectivity index (χ3n) is 3.04. The van der Waals surface area contributed by atoms with Crippen LogP contribution in [0.3, 0.4) is 0 Å². The summed E-state index contributed by atoms with van der Waals surface area (Å²) in [6.45, 7) is 10.0. The van der Waals surface area contributed by atoms with E-state index in [4.69, 9.17) is 4.74 Å². The number of thiophene rings is 1. The Balaban J connectivity index is 2.05. The first-order chi connectivity index (χ1) is 9.96. The van der Waals surface area contributed by atoms with Crippen LogP contribution in [0, 0.1) is 0 Å². The maximum absolute atomic E-state index is 5.84. The summed E-state index contributed by atoms with van der Waals surface area (Å²) in [6.07, 6.45) is 0.915. The second-order valence-corrected chi connectivity index (χ2v) is 7.16. The summed E-state index contributed by atoms with van der Waals surface area (Å²) in [5.41, 5.74) is 2.40. The SMILES string of the molecule is CCc1cc(CNC(C)(C)C)cc(OCc2cccs2)n1. The van der Waals surface area contributed by atoms with Gasteiger partial charge in [0.15, 0.2) is 0 Å². The van der Waals surface area contributed by atoms with Gasteiger partial charge in [0, 0.05) is 28.7 Å². The van der Waals surface area contributed by atoms with E-state index < -0.39 is 0 Å². The molecular formula is C17H24N2OS. The average molecular weight is 304 g/mol. The molecule has 0 spiro atoms. The van der Waals surface area contributed by atoms with Crippen molar-refractivity contribution in [2.24, 2.45) is 0 Å². The largest absolute Gasteiger partial charge is 0.472 e. The van der Waals surface area contributed by atoms with Crippen LogP contribution in [0.5, 0.6) is 5.88 Å². The molecule has 1 N–H and O–H groups in total. The molecule has 2 heterocycles. The van der Waals surface area contributed by atoms with Crippen molar-refractivity contribution < 1.29 is 4.74 Å². The highest BCUT2D eigenvalue weighted by Crippen LogP contribution is 2.17. The fraction of sp³-hybridized carbons (Fsp3) is 0.471. The molecule has 21 heavy (non-hydrogen) atoms. The fourth-order valence-electron chi connectivity index (χ4n) is 1.88. The Kier molecular flexibility index (Phi) is 5.37. The molecule has 2 aromatic heterocycles. The van der Waals surface area contributed by atoms with Gasteiger partial charge in [0.1, 0.15) is 6.61 Å². The van der Waals surface area contributed by atoms with Crippen molar-refractivity contribution in [3.63, 3.8) is 0 Å². The first-order valence-electron chi connectivity index (χ1n) is 7.36. The van der Waals surface area contributed by atoms with E-state index in [1.807, 2.05) is 12.1 Å². The van der Waals surface area contributed by atoms with Gasteiger partial charge in [-0.25, -0.2) is 4.98 Å². The molecule has 2 aromatic rings. The Hall–Kier alpha value is -1.39. The van der Waals surface area contributed by atoms with Crippen molar-refractivity contribution >= 4 is 11.3 Å². The zero-order valence-corrected chi connectivity index (χ0v) is 14.1. The van der Waals surface area contributed by atoms with Crippen molar-refractivity contribution in [2.45, 2.75) is 52.8 Å². The van der Waals surface area contributed by atoms with Crippen molar-refractivity contribution in [2.75, 3.05) is 0 Å². The number of ether oxygens (including phenoxy) is 1. The van der Waals surface area contributed by atoms with Gasteiger partial charge in [0.05, 0.1) is 0 Å². The van der Waals surface area contributed by atoms with Gasteiger partial charge in [0.25, 0.3) is 0 Å². The molecule has 0 fully saturated rings. The molecule has 114 valence electrons. The van der Waals surface area contributed by atoms with E-state index in [-0.39, 0.29) is 5.54 Å². The first-order valence-corrected chi connectivity index (χ1v) is 8.24. The molecule has 0 aliphatic carbocycles. The lowest BCUT2D eigenvalue weighted by Gasteiger charge is -2.21. The molecule has 0 bridgehead atoms. The Morgan fingerprint density at radius 3 is 2.71 bits per heavy atom. The smallest absolute Gasteiger partial charge is 0.214 e. The van der Waals surface area contributed by atoms with Crippen LogP contribution in [0.4, 0.5) is 0 Å². The van der Waals surface area contributed by atoms with Gasteiger partial charge >= 0.3 is 0 Å². The molecule has 0 aliphatic rings. The van der Waals surface area contributed by atoms with Crippen LogP contribution in [0.15, 0.2) is 29.6 Å². The van der Waals surface area contributed by atoms with Crippen LogP contribution >= 0.6 is 11.3 Å². The third-order valence-corrected chi connectivity index (χ3v) is 3.89. The summed E-state index contributed by atoms with van der Waals surface area (Å²) < 4.78 is 5.84. The number of nitrogens with zero attached hydrogens (tertiary/aromatic N) is 1. The number of rotatable bonds is 6. The Bertz CT molecular complexity index is 559. The minimum Gasteiger partial charge on any atom is -0.472 e. The first kappa shape index (κ1) is 16.0. The number of nitrogens with one attached hydrogen (secondary N) is 1. The zero-order chi connectivity index (χ0) is 15.3. The van der Waals surface area contributed by atoms with Gasteiger partial charge in [-0.1, -0.05) is 13.0 Å². The number of aryl methyl sites for hydroxylation is 1. The molecule has 0 amide bonds. The minimum absolute atomic E-state index is 0.105. The summed E-state index contributed by atoms with van der Waals surface area (Å²) in [5, 5.41) is 5.57. The number of hydrogen-bond donors (Lipinski definition) is 1. The van der Waals surface area contributed by atoms with E-state index in [0.717, 1.165) is 18.7 Å². The topological polar surface area (TPSA) is 34.1 Å². The Labute approximate surface area is 131 Å². The number of aromatic nitrogens is 1. The molecule has 3 nitrogen and oxygen atoms in total. The second kappa shape index (κ2) is 7.05. The molecule has 0 atom stereocenters. The average Bonchev–Trinajstić information content (AvgIpc) is 2.95. The van der Waals surface area contributed by atoms with Gasteiger partial charge < -0.3 is 10.1 Å². The normalized spacial score (nSPS) is 11.6. The lowest BCUT2D eigenvalue weighted by atomic mass is 10.1. The molecule has 0 saturated heterocycles. The second-order valence-electron chi connectivity index (χ2n) is 6.13. The van der Waals surface area contributed by atoms with Crippen LogP contribution in [0.2, 0.25) is 0 Å². The molecule has 2 rings (SSSR count). The van der Waals surface area contributed by atoms with E-state index in [9.17, 15) is 0 Å². The Morgan fingerprint density at radius 1 is 1.29 bits per heavy atom. The highest BCUT2D eigenvalue weighted by atomic mass is 32.1.